The molecule has 3 aromatic rings. The van der Waals surface area contributed by atoms with Gasteiger partial charge in [0.25, 0.3) is 0 Å². The number of carbonyl (C=O) groups excluding carboxylic acids is 1. The predicted molar refractivity (Wildman–Crippen MR) is 127 cm³/mol. The Morgan fingerprint density at radius 2 is 1.94 bits per heavy atom. The fourth-order valence-corrected chi connectivity index (χ4v) is 4.54. The lowest BCUT2D eigenvalue weighted by atomic mass is 9.94. The van der Waals surface area contributed by atoms with E-state index in [2.05, 4.69) is 21.3 Å². The van der Waals surface area contributed by atoms with Crippen molar-refractivity contribution < 1.29 is 9.53 Å². The Hall–Kier alpha value is -3.38. The topological polar surface area (TPSA) is 70.2 Å². The molecular formula is C26H28N4O2. The number of nitrogens with zero attached hydrogens (tertiary/aromatic N) is 2. The number of aromatic nitrogens is 2. The number of amides is 1. The van der Waals surface area contributed by atoms with Gasteiger partial charge in [0.15, 0.2) is 0 Å². The highest BCUT2D eigenvalue weighted by atomic mass is 16.5. The lowest BCUT2D eigenvalue weighted by Crippen LogP contribution is -2.27. The van der Waals surface area contributed by atoms with E-state index in [1.807, 2.05) is 54.6 Å². The van der Waals surface area contributed by atoms with Crippen LogP contribution in [0.15, 0.2) is 72.0 Å². The van der Waals surface area contributed by atoms with Crippen LogP contribution in [0.4, 0.5) is 5.69 Å². The third-order valence-corrected chi connectivity index (χ3v) is 6.27. The molecule has 1 amide bonds. The van der Waals surface area contributed by atoms with Crippen LogP contribution in [0.2, 0.25) is 0 Å². The Morgan fingerprint density at radius 3 is 2.75 bits per heavy atom. The van der Waals surface area contributed by atoms with Crippen LogP contribution in [0.3, 0.4) is 0 Å². The number of hydrogen-bond donors (Lipinski definition) is 2. The number of fused-ring (bicyclic) bond motifs is 1. The van der Waals surface area contributed by atoms with Gasteiger partial charge in [-0.1, -0.05) is 30.3 Å². The van der Waals surface area contributed by atoms with Crippen molar-refractivity contribution in [3.63, 3.8) is 0 Å². The van der Waals surface area contributed by atoms with Gasteiger partial charge in [-0.25, -0.2) is 4.98 Å². The van der Waals surface area contributed by atoms with E-state index in [0.717, 1.165) is 53.5 Å². The zero-order valence-electron chi connectivity index (χ0n) is 18.3. The van der Waals surface area contributed by atoms with Gasteiger partial charge in [0, 0.05) is 17.7 Å². The number of aromatic amines is 1. The van der Waals surface area contributed by atoms with Crippen molar-refractivity contribution in [2.45, 2.75) is 19.3 Å². The van der Waals surface area contributed by atoms with E-state index in [0.29, 0.717) is 6.42 Å². The quantitative estimate of drug-likeness (QED) is 0.595. The SMILES string of the molecule is COC1=CC(C(=O)Nc2ccccc2-c2nc3ccccc3[nH]2)CC=C1CN1CCCC1. The number of methoxy groups -OCH3 is 1. The Kier molecular flexibility index (Phi) is 5.77. The largest absolute Gasteiger partial charge is 0.497 e. The highest BCUT2D eigenvalue weighted by Gasteiger charge is 2.25. The van der Waals surface area contributed by atoms with Crippen LogP contribution in [0.1, 0.15) is 19.3 Å². The van der Waals surface area contributed by atoms with Gasteiger partial charge in [0.2, 0.25) is 5.91 Å². The molecule has 6 nitrogen and oxygen atoms in total. The molecule has 5 rings (SSSR count). The van der Waals surface area contributed by atoms with Gasteiger partial charge in [0.1, 0.15) is 11.6 Å². The number of H-pyrrole nitrogens is 1. The first-order valence-corrected chi connectivity index (χ1v) is 11.2. The average Bonchev–Trinajstić information content (AvgIpc) is 3.49. The molecule has 1 aromatic heterocycles. The summed E-state index contributed by atoms with van der Waals surface area (Å²) in [6.45, 7) is 3.16. The maximum Gasteiger partial charge on any atom is 0.231 e. The van der Waals surface area contributed by atoms with Gasteiger partial charge >= 0.3 is 0 Å². The number of likely N-dealkylation sites (tertiary alicyclic amines) is 1. The molecule has 164 valence electrons. The Labute approximate surface area is 188 Å². The van der Waals surface area contributed by atoms with E-state index in [9.17, 15) is 4.79 Å². The molecule has 2 N–H and O–H groups in total. The van der Waals surface area contributed by atoms with E-state index < -0.39 is 0 Å². The van der Waals surface area contributed by atoms with Crippen molar-refractivity contribution in [1.29, 1.82) is 0 Å². The standard InChI is InChI=1S/C26H28N4O2/c1-32-24-16-18(12-13-19(24)17-30-14-6-7-15-30)26(31)29-21-9-3-2-8-20(21)25-27-22-10-4-5-11-23(22)28-25/h2-5,8-11,13,16,18H,6-7,12,14-15,17H2,1H3,(H,27,28)(H,29,31). The average molecular weight is 429 g/mol. The summed E-state index contributed by atoms with van der Waals surface area (Å²) in [5.74, 6) is 1.25. The molecule has 1 atom stereocenters. The molecule has 6 heteroatoms. The van der Waals surface area contributed by atoms with Crippen LogP contribution in [0.25, 0.3) is 22.4 Å². The molecule has 1 aliphatic carbocycles. The smallest absolute Gasteiger partial charge is 0.231 e. The van der Waals surface area contributed by atoms with Crippen molar-refractivity contribution in [3.05, 3.63) is 72.0 Å². The maximum absolute atomic E-state index is 13.2. The van der Waals surface area contributed by atoms with Crippen LogP contribution in [-0.4, -0.2) is 47.5 Å². The zero-order chi connectivity index (χ0) is 21.9. The van der Waals surface area contributed by atoms with Gasteiger partial charge in [0.05, 0.1) is 29.7 Å². The predicted octanol–water partition coefficient (Wildman–Crippen LogP) is 4.74. The third-order valence-electron chi connectivity index (χ3n) is 6.27. The summed E-state index contributed by atoms with van der Waals surface area (Å²) in [5, 5.41) is 3.12. The number of benzene rings is 2. The minimum Gasteiger partial charge on any atom is -0.497 e. The number of para-hydroxylation sites is 3. The molecule has 32 heavy (non-hydrogen) atoms. The first kappa shape index (κ1) is 20.5. The van der Waals surface area contributed by atoms with E-state index in [1.165, 1.54) is 18.4 Å². The van der Waals surface area contributed by atoms with E-state index in [-0.39, 0.29) is 11.8 Å². The third kappa shape index (κ3) is 4.18. The molecular weight excluding hydrogens is 400 g/mol. The summed E-state index contributed by atoms with van der Waals surface area (Å²) in [4.78, 5) is 23.6. The van der Waals surface area contributed by atoms with Crippen LogP contribution in [0, 0.1) is 5.92 Å². The molecule has 0 bridgehead atoms. The Bertz CT molecular complexity index is 1150. The van der Waals surface area contributed by atoms with E-state index >= 15 is 0 Å². The summed E-state index contributed by atoms with van der Waals surface area (Å²) in [5.41, 5.74) is 4.67. The van der Waals surface area contributed by atoms with Crippen LogP contribution in [0.5, 0.6) is 0 Å². The number of rotatable bonds is 6. The molecule has 0 spiro atoms. The number of ether oxygens (including phenoxy) is 1. The van der Waals surface area contributed by atoms with Gasteiger partial charge in [-0.2, -0.15) is 0 Å². The molecule has 2 aliphatic rings. The minimum absolute atomic E-state index is 0.0421. The fourth-order valence-electron chi connectivity index (χ4n) is 4.54. The number of allylic oxidation sites excluding steroid dienone is 1. The molecule has 1 unspecified atom stereocenters. The van der Waals surface area contributed by atoms with Crippen LogP contribution < -0.4 is 5.32 Å². The summed E-state index contributed by atoms with van der Waals surface area (Å²) < 4.78 is 5.64. The van der Waals surface area contributed by atoms with Gasteiger partial charge < -0.3 is 15.0 Å². The molecule has 1 fully saturated rings. The monoisotopic (exact) mass is 428 g/mol. The number of hydrogen-bond acceptors (Lipinski definition) is 4. The first-order valence-electron chi connectivity index (χ1n) is 11.2. The number of nitrogens with one attached hydrogen (secondary N) is 2. The molecule has 2 aromatic carbocycles. The Balaban J connectivity index is 1.33. The van der Waals surface area contributed by atoms with Crippen LogP contribution >= 0.6 is 0 Å². The van der Waals surface area contributed by atoms with Crippen LogP contribution in [-0.2, 0) is 9.53 Å². The molecule has 2 heterocycles. The minimum atomic E-state index is -0.268. The van der Waals surface area contributed by atoms with Crippen molar-refractivity contribution >= 4 is 22.6 Å². The molecule has 0 radical (unpaired) electrons. The Morgan fingerprint density at radius 1 is 1.16 bits per heavy atom. The van der Waals surface area contributed by atoms with E-state index in [4.69, 9.17) is 9.72 Å². The van der Waals surface area contributed by atoms with Crippen molar-refractivity contribution in [2.75, 3.05) is 32.1 Å². The fraction of sp³-hybridized carbons (Fsp3) is 0.308. The van der Waals surface area contributed by atoms with Crippen molar-refractivity contribution in [1.82, 2.24) is 14.9 Å². The maximum atomic E-state index is 13.2. The molecule has 1 saturated heterocycles. The summed E-state index contributed by atoms with van der Waals surface area (Å²) in [6, 6.07) is 15.7. The number of anilines is 1. The van der Waals surface area contributed by atoms with Gasteiger partial charge in [-0.15, -0.1) is 0 Å². The van der Waals surface area contributed by atoms with Crippen molar-refractivity contribution in [2.24, 2.45) is 5.92 Å². The summed E-state index contributed by atoms with van der Waals surface area (Å²) in [6.07, 6.45) is 7.32. The highest BCUT2D eigenvalue weighted by Crippen LogP contribution is 2.30. The number of carbonyl (C=O) groups is 1. The lowest BCUT2D eigenvalue weighted by molar-refractivity contribution is -0.118. The second-order valence-corrected chi connectivity index (χ2v) is 8.43. The highest BCUT2D eigenvalue weighted by molar-refractivity contribution is 5.98. The zero-order valence-corrected chi connectivity index (χ0v) is 18.3. The second-order valence-electron chi connectivity index (χ2n) is 8.43. The molecule has 0 saturated carbocycles. The lowest BCUT2D eigenvalue weighted by Gasteiger charge is -2.24. The molecule has 1 aliphatic heterocycles. The summed E-state index contributed by atoms with van der Waals surface area (Å²) in [7, 11) is 1.68. The first-order chi connectivity index (χ1) is 15.7. The van der Waals surface area contributed by atoms with Crippen molar-refractivity contribution in [3.8, 4) is 11.4 Å². The van der Waals surface area contributed by atoms with Gasteiger partial charge in [-0.05, 0) is 62.7 Å². The van der Waals surface area contributed by atoms with Gasteiger partial charge in [-0.3, -0.25) is 9.69 Å². The normalized spacial score (nSPS) is 19.0. The van der Waals surface area contributed by atoms with E-state index in [1.54, 1.807) is 7.11 Å². The summed E-state index contributed by atoms with van der Waals surface area (Å²) >= 11 is 0. The number of imidazole rings is 1. The second kappa shape index (κ2) is 9.01.